The first kappa shape index (κ1) is 15.6. The first-order valence-electron chi connectivity index (χ1n) is 6.94. The third kappa shape index (κ3) is 3.29. The van der Waals surface area contributed by atoms with Crippen LogP contribution in [0.15, 0.2) is 28.7 Å². The van der Waals surface area contributed by atoms with Gasteiger partial charge in [0.1, 0.15) is 18.1 Å². The van der Waals surface area contributed by atoms with Crippen LogP contribution in [0.1, 0.15) is 26.5 Å². The Kier molecular flexibility index (Phi) is 4.14. The number of ether oxygens (including phenoxy) is 1. The van der Waals surface area contributed by atoms with Gasteiger partial charge in [0.25, 0.3) is 8.32 Å². The number of rotatable bonds is 5. The van der Waals surface area contributed by atoms with Crippen molar-refractivity contribution in [2.45, 2.75) is 45.5 Å². The van der Waals surface area contributed by atoms with E-state index in [1.165, 1.54) is 6.47 Å². The summed E-state index contributed by atoms with van der Waals surface area (Å²) in [4.78, 5) is 10.2. The van der Waals surface area contributed by atoms with Gasteiger partial charge in [-0.15, -0.1) is 0 Å². The molecule has 5 heteroatoms. The van der Waals surface area contributed by atoms with Crippen LogP contribution in [0.25, 0.3) is 11.0 Å². The van der Waals surface area contributed by atoms with Crippen LogP contribution in [0.4, 0.5) is 0 Å². The summed E-state index contributed by atoms with van der Waals surface area (Å²) in [6.07, 6.45) is 0. The molecule has 2 aromatic rings. The molecule has 1 heterocycles. The van der Waals surface area contributed by atoms with Gasteiger partial charge in [0, 0.05) is 5.39 Å². The number of fused-ring (bicyclic) bond motifs is 1. The largest absolute Gasteiger partial charge is 0.541 e. The number of carbonyl (C=O) groups excluding carboxylic acids is 1. The molecule has 0 N–H and O–H groups in total. The van der Waals surface area contributed by atoms with Crippen LogP contribution in [0.5, 0.6) is 5.75 Å². The second-order valence-electron chi connectivity index (χ2n) is 6.62. The van der Waals surface area contributed by atoms with E-state index in [0.29, 0.717) is 11.3 Å². The summed E-state index contributed by atoms with van der Waals surface area (Å²) in [7, 11) is -1.93. The lowest BCUT2D eigenvalue weighted by Crippen LogP contribution is -2.43. The van der Waals surface area contributed by atoms with Gasteiger partial charge >= 0.3 is 6.47 Å². The van der Waals surface area contributed by atoms with E-state index in [4.69, 9.17) is 8.84 Å². The summed E-state index contributed by atoms with van der Waals surface area (Å²) >= 11 is 0. The second-order valence-corrected chi connectivity index (χ2v) is 11.3. The lowest BCUT2D eigenvalue weighted by atomic mass is 10.2. The van der Waals surface area contributed by atoms with Crippen LogP contribution in [-0.2, 0) is 16.1 Å². The molecule has 21 heavy (non-hydrogen) atoms. The van der Waals surface area contributed by atoms with Gasteiger partial charge in [-0.2, -0.15) is 0 Å². The van der Waals surface area contributed by atoms with E-state index in [9.17, 15) is 4.79 Å². The molecule has 0 unspecified atom stereocenters. The molecule has 0 aliphatic carbocycles. The maximum absolute atomic E-state index is 10.2. The van der Waals surface area contributed by atoms with E-state index < -0.39 is 8.32 Å². The fraction of sp³-hybridized carbons (Fsp3) is 0.438. The Morgan fingerprint density at radius 2 is 2.00 bits per heavy atom. The first-order chi connectivity index (χ1) is 9.74. The first-order valence-corrected chi connectivity index (χ1v) is 9.85. The van der Waals surface area contributed by atoms with Crippen LogP contribution >= 0.6 is 0 Å². The maximum Gasteiger partial charge on any atom is 0.417 e. The summed E-state index contributed by atoms with van der Waals surface area (Å²) in [5.41, 5.74) is 0.701. The molecule has 2 rings (SSSR count). The molecule has 1 aromatic carbocycles. The Bertz CT molecular complexity index is 637. The Hall–Kier alpha value is -1.75. The molecule has 113 valence electrons. The highest BCUT2D eigenvalue weighted by atomic mass is 28.4. The molecule has 1 radical (unpaired) electrons. The van der Waals surface area contributed by atoms with Gasteiger partial charge in [-0.3, -0.25) is 0 Å². The van der Waals surface area contributed by atoms with E-state index in [1.54, 1.807) is 0 Å². The van der Waals surface area contributed by atoms with Crippen molar-refractivity contribution in [2.75, 3.05) is 0 Å². The van der Waals surface area contributed by atoms with Crippen LogP contribution in [0, 0.1) is 0 Å². The van der Waals surface area contributed by atoms with Crippen molar-refractivity contribution >= 4 is 25.8 Å². The zero-order chi connectivity index (χ0) is 15.7. The molecular weight excluding hydrogens is 284 g/mol. The highest BCUT2D eigenvalue weighted by Gasteiger charge is 2.39. The average molecular weight is 305 g/mol. The number of hydrogen-bond donors (Lipinski definition) is 0. The summed E-state index contributed by atoms with van der Waals surface area (Å²) in [6.45, 7) is 12.5. The molecule has 0 bridgehead atoms. The van der Waals surface area contributed by atoms with Crippen molar-refractivity contribution < 1.29 is 18.4 Å². The van der Waals surface area contributed by atoms with Crippen LogP contribution in [0.3, 0.4) is 0 Å². The quantitative estimate of drug-likeness (QED) is 0.768. The molecule has 4 nitrogen and oxygen atoms in total. The lowest BCUT2D eigenvalue weighted by Gasteiger charge is -2.36. The topological polar surface area (TPSA) is 48.7 Å². The number of para-hydroxylation sites is 1. The van der Waals surface area contributed by atoms with Crippen molar-refractivity contribution in [3.63, 3.8) is 0 Å². The highest BCUT2D eigenvalue weighted by molar-refractivity contribution is 6.74. The van der Waals surface area contributed by atoms with E-state index in [0.717, 1.165) is 11.1 Å². The van der Waals surface area contributed by atoms with Crippen LogP contribution in [0.2, 0.25) is 18.1 Å². The fourth-order valence-corrected chi connectivity index (χ4v) is 2.79. The number of hydrogen-bond acceptors (Lipinski definition) is 4. The molecule has 1 aromatic heterocycles. The van der Waals surface area contributed by atoms with E-state index in [1.807, 2.05) is 24.3 Å². The average Bonchev–Trinajstić information content (AvgIpc) is 2.78. The summed E-state index contributed by atoms with van der Waals surface area (Å²) in [5.74, 6) is 1.33. The SMILES string of the molecule is CC(C)(C)[Si](C)(C)Oc1cccc2cc(CO[C]=O)oc12. The Labute approximate surface area is 126 Å². The van der Waals surface area contributed by atoms with E-state index in [2.05, 4.69) is 38.6 Å². The fourth-order valence-electron chi connectivity index (χ4n) is 1.77. The molecular formula is C16H21O4Si. The zero-order valence-electron chi connectivity index (χ0n) is 13.1. The summed E-state index contributed by atoms with van der Waals surface area (Å²) < 4.78 is 16.7. The Morgan fingerprint density at radius 3 is 2.62 bits per heavy atom. The van der Waals surface area contributed by atoms with Gasteiger partial charge in [0.2, 0.25) is 0 Å². The molecule has 0 amide bonds. The molecule has 0 saturated heterocycles. The third-order valence-corrected chi connectivity index (χ3v) is 8.35. The van der Waals surface area contributed by atoms with Gasteiger partial charge in [0.15, 0.2) is 5.58 Å². The molecule has 0 fully saturated rings. The predicted molar refractivity (Wildman–Crippen MR) is 84.5 cm³/mol. The minimum absolute atomic E-state index is 0.0811. The minimum atomic E-state index is -1.93. The van der Waals surface area contributed by atoms with Crippen molar-refractivity contribution in [2.24, 2.45) is 0 Å². The van der Waals surface area contributed by atoms with Gasteiger partial charge in [-0.05, 0) is 30.3 Å². The second kappa shape index (κ2) is 5.56. The minimum Gasteiger partial charge on any atom is -0.541 e. The standard InChI is InChI=1S/C16H21O4Si/c1-16(2,3)21(4,5)20-14-8-6-7-12-9-13(10-18-11-17)19-15(12)14/h6-9H,10H2,1-5H3. The zero-order valence-corrected chi connectivity index (χ0v) is 14.1. The summed E-state index contributed by atoms with van der Waals surface area (Å²) in [6, 6.07) is 7.66. The van der Waals surface area contributed by atoms with Crippen molar-refractivity contribution in [3.8, 4) is 5.75 Å². The maximum atomic E-state index is 10.2. The van der Waals surface area contributed by atoms with Gasteiger partial charge in [-0.25, -0.2) is 4.79 Å². The molecule has 0 aliphatic rings. The van der Waals surface area contributed by atoms with Gasteiger partial charge in [-0.1, -0.05) is 32.9 Å². The molecule has 0 atom stereocenters. The molecule has 0 spiro atoms. The van der Waals surface area contributed by atoms with Crippen molar-refractivity contribution in [1.82, 2.24) is 0 Å². The Balaban J connectivity index is 2.36. The lowest BCUT2D eigenvalue weighted by molar-refractivity contribution is 0.242. The smallest absolute Gasteiger partial charge is 0.417 e. The highest BCUT2D eigenvalue weighted by Crippen LogP contribution is 2.39. The monoisotopic (exact) mass is 305 g/mol. The normalized spacial score (nSPS) is 12.4. The van der Waals surface area contributed by atoms with Crippen LogP contribution in [-0.4, -0.2) is 14.8 Å². The number of furan rings is 1. The van der Waals surface area contributed by atoms with Crippen LogP contribution < -0.4 is 4.43 Å². The van der Waals surface area contributed by atoms with Crippen molar-refractivity contribution in [1.29, 1.82) is 0 Å². The predicted octanol–water partition coefficient (Wildman–Crippen LogP) is 4.40. The summed E-state index contributed by atoms with van der Waals surface area (Å²) in [5, 5.41) is 1.05. The van der Waals surface area contributed by atoms with Gasteiger partial charge < -0.3 is 13.6 Å². The van der Waals surface area contributed by atoms with Gasteiger partial charge in [0.05, 0.1) is 0 Å². The van der Waals surface area contributed by atoms with E-state index >= 15 is 0 Å². The molecule has 0 aliphatic heterocycles. The van der Waals surface area contributed by atoms with E-state index in [-0.39, 0.29) is 11.6 Å². The third-order valence-electron chi connectivity index (χ3n) is 4.00. The van der Waals surface area contributed by atoms with Crippen molar-refractivity contribution in [3.05, 3.63) is 30.0 Å². The Morgan fingerprint density at radius 1 is 1.29 bits per heavy atom. The number of benzene rings is 1. The molecule has 0 saturated carbocycles.